The first-order valence-electron chi connectivity index (χ1n) is 10.1. The minimum atomic E-state index is -0.825. The van der Waals surface area contributed by atoms with Crippen LogP contribution in [0.25, 0.3) is 0 Å². The summed E-state index contributed by atoms with van der Waals surface area (Å²) in [6.45, 7) is 7.53. The van der Waals surface area contributed by atoms with E-state index in [0.717, 1.165) is 5.56 Å². The van der Waals surface area contributed by atoms with Crippen molar-refractivity contribution in [2.75, 3.05) is 13.2 Å². The van der Waals surface area contributed by atoms with Gasteiger partial charge in [-0.05, 0) is 44.0 Å². The predicted molar refractivity (Wildman–Crippen MR) is 117 cm³/mol. The van der Waals surface area contributed by atoms with Crippen LogP contribution in [0.4, 0.5) is 0 Å². The summed E-state index contributed by atoms with van der Waals surface area (Å²) < 4.78 is 10.9. The number of para-hydroxylation sites is 2. The molecule has 1 atom stereocenters. The second-order valence-corrected chi connectivity index (χ2v) is 7.27. The first kappa shape index (κ1) is 23.7. The number of nitrogens with one attached hydrogen (secondary N) is 3. The van der Waals surface area contributed by atoms with E-state index in [1.165, 1.54) is 0 Å². The number of aryl methyl sites for hydroxylation is 1. The number of carbonyl (C=O) groups excluding carboxylic acids is 3. The lowest BCUT2D eigenvalue weighted by Gasteiger charge is -2.22. The average Bonchev–Trinajstić information content (AvgIpc) is 2.75. The maximum atomic E-state index is 12.5. The van der Waals surface area contributed by atoms with Crippen LogP contribution in [0.5, 0.6) is 11.5 Å². The summed E-state index contributed by atoms with van der Waals surface area (Å²) in [6.07, 6.45) is 0. The van der Waals surface area contributed by atoms with Crippen molar-refractivity contribution >= 4 is 17.7 Å². The van der Waals surface area contributed by atoms with Crippen molar-refractivity contribution in [1.29, 1.82) is 0 Å². The fraction of sp³-hybridized carbons (Fsp3) is 0.348. The van der Waals surface area contributed by atoms with Crippen molar-refractivity contribution in [2.45, 2.75) is 33.7 Å². The first-order valence-corrected chi connectivity index (χ1v) is 10.1. The van der Waals surface area contributed by atoms with Crippen LogP contribution in [0.15, 0.2) is 48.5 Å². The Hall–Kier alpha value is -3.55. The highest BCUT2D eigenvalue weighted by Gasteiger charge is 2.25. The highest BCUT2D eigenvalue weighted by molar-refractivity contribution is 5.97. The van der Waals surface area contributed by atoms with Gasteiger partial charge in [0.2, 0.25) is 0 Å². The van der Waals surface area contributed by atoms with E-state index >= 15 is 0 Å². The zero-order chi connectivity index (χ0) is 22.8. The van der Waals surface area contributed by atoms with Crippen LogP contribution in [0.1, 0.15) is 36.7 Å². The molecule has 0 saturated heterocycles. The Morgan fingerprint density at radius 1 is 0.903 bits per heavy atom. The molecule has 166 valence electrons. The minimum Gasteiger partial charge on any atom is -0.490 e. The van der Waals surface area contributed by atoms with Crippen LogP contribution in [0.3, 0.4) is 0 Å². The normalized spacial score (nSPS) is 11.4. The molecule has 0 heterocycles. The van der Waals surface area contributed by atoms with Crippen LogP contribution in [-0.4, -0.2) is 37.0 Å². The lowest BCUT2D eigenvalue weighted by atomic mass is 10.0. The minimum absolute atomic E-state index is 0.194. The van der Waals surface area contributed by atoms with E-state index in [1.54, 1.807) is 50.2 Å². The molecule has 2 aromatic carbocycles. The number of amides is 3. The van der Waals surface area contributed by atoms with Gasteiger partial charge in [-0.2, -0.15) is 0 Å². The van der Waals surface area contributed by atoms with E-state index in [9.17, 15) is 14.4 Å². The molecular weight excluding hydrogens is 398 g/mol. The van der Waals surface area contributed by atoms with E-state index in [2.05, 4.69) is 16.2 Å². The molecule has 0 aromatic heterocycles. The monoisotopic (exact) mass is 427 g/mol. The van der Waals surface area contributed by atoms with E-state index in [1.807, 2.05) is 26.0 Å². The van der Waals surface area contributed by atoms with Gasteiger partial charge in [0, 0.05) is 5.56 Å². The summed E-state index contributed by atoms with van der Waals surface area (Å²) in [7, 11) is 0. The number of hydrazine groups is 1. The summed E-state index contributed by atoms with van der Waals surface area (Å²) in [5.41, 5.74) is 6.13. The molecule has 0 spiro atoms. The second-order valence-electron chi connectivity index (χ2n) is 7.27. The average molecular weight is 428 g/mol. The molecule has 8 nitrogen and oxygen atoms in total. The number of hydrogen-bond donors (Lipinski definition) is 3. The molecule has 0 aliphatic rings. The third-order valence-electron chi connectivity index (χ3n) is 4.38. The van der Waals surface area contributed by atoms with Crippen molar-refractivity contribution in [3.63, 3.8) is 0 Å². The van der Waals surface area contributed by atoms with Crippen molar-refractivity contribution < 1.29 is 23.9 Å². The van der Waals surface area contributed by atoms with Gasteiger partial charge in [-0.25, -0.2) is 0 Å². The summed E-state index contributed by atoms with van der Waals surface area (Å²) in [6, 6.07) is 13.2. The second kappa shape index (κ2) is 11.6. The fourth-order valence-corrected chi connectivity index (χ4v) is 2.70. The zero-order valence-corrected chi connectivity index (χ0v) is 18.2. The Bertz CT molecular complexity index is 896. The number of hydrogen-bond acceptors (Lipinski definition) is 5. The largest absolute Gasteiger partial charge is 0.490 e. The standard InChI is InChI=1S/C23H29N3O5/c1-5-30-18-8-6-7-9-19(18)31-14-20(27)25-26-23(29)21(15(2)3)24-22(28)17-12-10-16(4)11-13-17/h6-13,15,21H,5,14H2,1-4H3,(H,24,28)(H,25,27)(H,26,29)/t21-/m0/s1. The molecule has 0 unspecified atom stereocenters. The number of benzene rings is 2. The molecule has 0 radical (unpaired) electrons. The highest BCUT2D eigenvalue weighted by Crippen LogP contribution is 2.26. The van der Waals surface area contributed by atoms with Crippen LogP contribution in [0.2, 0.25) is 0 Å². The summed E-state index contributed by atoms with van der Waals surface area (Å²) >= 11 is 0. The molecule has 0 bridgehead atoms. The van der Waals surface area contributed by atoms with Crippen molar-refractivity contribution in [3.8, 4) is 11.5 Å². The molecule has 0 fully saturated rings. The maximum Gasteiger partial charge on any atom is 0.276 e. The molecule has 31 heavy (non-hydrogen) atoms. The Kier molecular flexibility index (Phi) is 8.87. The number of ether oxygens (including phenoxy) is 2. The van der Waals surface area contributed by atoms with Crippen LogP contribution >= 0.6 is 0 Å². The van der Waals surface area contributed by atoms with Gasteiger partial charge in [0.1, 0.15) is 6.04 Å². The van der Waals surface area contributed by atoms with Gasteiger partial charge in [0.15, 0.2) is 18.1 Å². The van der Waals surface area contributed by atoms with Crippen molar-refractivity contribution in [3.05, 3.63) is 59.7 Å². The topological polar surface area (TPSA) is 106 Å². The first-order chi connectivity index (χ1) is 14.8. The summed E-state index contributed by atoms with van der Waals surface area (Å²) in [4.78, 5) is 37.0. The third kappa shape index (κ3) is 7.33. The molecule has 3 amide bonds. The lowest BCUT2D eigenvalue weighted by Crippen LogP contribution is -2.55. The smallest absolute Gasteiger partial charge is 0.276 e. The predicted octanol–water partition coefficient (Wildman–Crippen LogP) is 2.37. The van der Waals surface area contributed by atoms with Gasteiger partial charge in [-0.15, -0.1) is 0 Å². The highest BCUT2D eigenvalue weighted by atomic mass is 16.5. The van der Waals surface area contributed by atoms with Gasteiger partial charge in [-0.3, -0.25) is 25.2 Å². The molecule has 0 saturated carbocycles. The number of carbonyl (C=O) groups is 3. The molecule has 3 N–H and O–H groups in total. The van der Waals surface area contributed by atoms with E-state index in [4.69, 9.17) is 9.47 Å². The lowest BCUT2D eigenvalue weighted by molar-refractivity contribution is -0.131. The molecule has 0 aliphatic heterocycles. The fourth-order valence-electron chi connectivity index (χ4n) is 2.70. The van der Waals surface area contributed by atoms with Crippen molar-refractivity contribution in [2.24, 2.45) is 5.92 Å². The summed E-state index contributed by atoms with van der Waals surface area (Å²) in [5.74, 6) is -0.682. The maximum absolute atomic E-state index is 12.5. The zero-order valence-electron chi connectivity index (χ0n) is 18.2. The Balaban J connectivity index is 1.87. The Labute approximate surface area is 182 Å². The molecule has 2 rings (SSSR count). The van der Waals surface area contributed by atoms with Crippen LogP contribution in [0, 0.1) is 12.8 Å². The van der Waals surface area contributed by atoms with E-state index in [0.29, 0.717) is 23.7 Å². The SMILES string of the molecule is CCOc1ccccc1OCC(=O)NNC(=O)[C@@H](NC(=O)c1ccc(C)cc1)C(C)C. The van der Waals surface area contributed by atoms with Gasteiger partial charge in [0.05, 0.1) is 6.61 Å². The van der Waals surface area contributed by atoms with Gasteiger partial charge in [-0.1, -0.05) is 43.7 Å². The van der Waals surface area contributed by atoms with E-state index < -0.39 is 17.9 Å². The quantitative estimate of drug-likeness (QED) is 0.533. The summed E-state index contributed by atoms with van der Waals surface area (Å²) in [5, 5.41) is 2.71. The number of rotatable bonds is 9. The molecule has 0 aliphatic carbocycles. The molecular formula is C23H29N3O5. The van der Waals surface area contributed by atoms with Crippen LogP contribution in [-0.2, 0) is 9.59 Å². The van der Waals surface area contributed by atoms with Crippen molar-refractivity contribution in [1.82, 2.24) is 16.2 Å². The third-order valence-corrected chi connectivity index (χ3v) is 4.38. The van der Waals surface area contributed by atoms with Crippen LogP contribution < -0.4 is 25.6 Å². The molecule has 8 heteroatoms. The van der Waals surface area contributed by atoms with Gasteiger partial charge in [0.25, 0.3) is 17.7 Å². The molecule has 2 aromatic rings. The van der Waals surface area contributed by atoms with Gasteiger partial charge >= 0.3 is 0 Å². The Morgan fingerprint density at radius 3 is 2.10 bits per heavy atom. The van der Waals surface area contributed by atoms with E-state index in [-0.39, 0.29) is 18.4 Å². The van der Waals surface area contributed by atoms with Gasteiger partial charge < -0.3 is 14.8 Å². The Morgan fingerprint density at radius 2 is 1.52 bits per heavy atom.